The van der Waals surface area contributed by atoms with Crippen LogP contribution in [0.3, 0.4) is 0 Å². The zero-order valence-electron chi connectivity index (χ0n) is 47.9. The molecule has 0 aliphatic heterocycles. The number of nitrogens with zero attached hydrogens (tertiary/aromatic N) is 8. The van der Waals surface area contributed by atoms with Crippen molar-refractivity contribution < 1.29 is 32.3 Å². The second-order valence-corrected chi connectivity index (χ2v) is 20.0. The summed E-state index contributed by atoms with van der Waals surface area (Å²) in [5.41, 5.74) is 2.54. The highest BCUT2D eigenvalue weighted by Crippen LogP contribution is 2.34. The average molecular weight is 1150 g/mol. The minimum atomic E-state index is -1.11. The zero-order chi connectivity index (χ0) is 60.2. The van der Waals surface area contributed by atoms with Crippen molar-refractivity contribution in [1.29, 1.82) is 0 Å². The third-order valence-electron chi connectivity index (χ3n) is 14.6. The van der Waals surface area contributed by atoms with Gasteiger partial charge in [-0.05, 0) is 150 Å². The Balaban J connectivity index is 0.000000223. The van der Waals surface area contributed by atoms with Crippen LogP contribution in [0, 0.1) is 37.1 Å². The third kappa shape index (κ3) is 13.8. The second-order valence-electron chi connectivity index (χ2n) is 20.0. The van der Waals surface area contributed by atoms with Crippen LogP contribution in [-0.4, -0.2) is 108 Å². The summed E-state index contributed by atoms with van der Waals surface area (Å²) in [4.78, 5) is 74.5. The van der Waals surface area contributed by atoms with Crippen molar-refractivity contribution in [1.82, 2.24) is 44.2 Å². The third-order valence-corrected chi connectivity index (χ3v) is 14.6. The monoisotopic (exact) mass is 1150 g/mol. The molecular formula is C64H67F4N11O5. The van der Waals surface area contributed by atoms with Gasteiger partial charge in [0.15, 0.2) is 11.3 Å². The van der Waals surface area contributed by atoms with Crippen molar-refractivity contribution in [2.24, 2.45) is 0 Å². The van der Waals surface area contributed by atoms with Crippen LogP contribution in [0.1, 0.15) is 90.9 Å². The molecule has 84 heavy (non-hydrogen) atoms. The number of hydrogen-bond donors (Lipinski definition) is 4. The maximum Gasteiger partial charge on any atom is 0.335 e. The van der Waals surface area contributed by atoms with E-state index in [4.69, 9.17) is 4.98 Å². The van der Waals surface area contributed by atoms with Gasteiger partial charge in [0, 0.05) is 52.7 Å². The Bertz CT molecular complexity index is 3920. The molecular weight excluding hydrogens is 1080 g/mol. The van der Waals surface area contributed by atoms with Gasteiger partial charge in [0.2, 0.25) is 11.9 Å². The van der Waals surface area contributed by atoms with Gasteiger partial charge in [-0.25, -0.2) is 32.3 Å². The molecule has 4 aromatic heterocycles. The lowest BCUT2D eigenvalue weighted by Crippen LogP contribution is -2.26. The number of aromatic carboxylic acids is 1. The first kappa shape index (κ1) is 60.9. The Hall–Kier alpha value is -9.14. The number of halogens is 4. The Morgan fingerprint density at radius 1 is 0.548 bits per heavy atom. The smallest absolute Gasteiger partial charge is 0.335 e. The van der Waals surface area contributed by atoms with E-state index in [-0.39, 0.29) is 40.7 Å². The van der Waals surface area contributed by atoms with E-state index >= 15 is 8.78 Å². The highest BCUT2D eigenvalue weighted by Gasteiger charge is 2.24. The van der Waals surface area contributed by atoms with Crippen LogP contribution in [0.2, 0.25) is 0 Å². The van der Waals surface area contributed by atoms with E-state index in [2.05, 4.69) is 68.4 Å². The van der Waals surface area contributed by atoms with Gasteiger partial charge >= 0.3 is 5.97 Å². The first-order valence-electron chi connectivity index (χ1n) is 28.0. The Kier molecular flexibility index (Phi) is 20.1. The van der Waals surface area contributed by atoms with Crippen LogP contribution >= 0.6 is 0 Å². The molecule has 0 fully saturated rings. The van der Waals surface area contributed by atoms with Crippen molar-refractivity contribution in [3.8, 4) is 33.9 Å². The molecule has 0 aliphatic rings. The second kappa shape index (κ2) is 27.8. The van der Waals surface area contributed by atoms with Crippen LogP contribution < -0.4 is 27.1 Å². The van der Waals surface area contributed by atoms with E-state index in [0.29, 0.717) is 51.9 Å². The van der Waals surface area contributed by atoms with E-state index in [9.17, 15) is 33.1 Å². The number of amides is 1. The van der Waals surface area contributed by atoms with Crippen molar-refractivity contribution in [2.75, 3.05) is 63.0 Å². The molecule has 4 heterocycles. The molecule has 9 aromatic rings. The number of fused-ring (bicyclic) bond motifs is 2. The fourth-order valence-corrected chi connectivity index (χ4v) is 9.86. The predicted molar refractivity (Wildman–Crippen MR) is 322 cm³/mol. The van der Waals surface area contributed by atoms with Gasteiger partial charge in [0.1, 0.15) is 34.6 Å². The SMILES string of the molecule is CCN(CC)CCCNc1nc(-c2cc(C(=O)N[C@@H](C)c3ccccc3)ccc2C)c2ccc(=O)n(-c3c(F)cccc3F)c2n1.CCN(CC)CCCNc1nc(-c2cc(C(=O)O)ccc2C)c2ccc(=O)n(-c3c(F)cccc3F)c2n1. The number of carboxylic acid groups (broad SMARTS) is 1. The van der Waals surface area contributed by atoms with Crippen LogP contribution in [0.25, 0.3) is 56.0 Å². The first-order valence-corrected chi connectivity index (χ1v) is 28.0. The lowest BCUT2D eigenvalue weighted by Gasteiger charge is -2.19. The number of carbonyl (C=O) groups is 2. The molecule has 5 aromatic carbocycles. The van der Waals surface area contributed by atoms with Crippen LogP contribution in [-0.2, 0) is 0 Å². The van der Waals surface area contributed by atoms with Gasteiger partial charge in [0.05, 0.1) is 23.0 Å². The molecule has 436 valence electrons. The summed E-state index contributed by atoms with van der Waals surface area (Å²) in [5.74, 6) is -4.65. The summed E-state index contributed by atoms with van der Waals surface area (Å²) in [6, 6.07) is 31.7. The Morgan fingerprint density at radius 2 is 0.964 bits per heavy atom. The van der Waals surface area contributed by atoms with Crippen LogP contribution in [0.5, 0.6) is 0 Å². The van der Waals surface area contributed by atoms with Gasteiger partial charge in [-0.3, -0.25) is 23.5 Å². The Morgan fingerprint density at radius 3 is 1.38 bits per heavy atom. The highest BCUT2D eigenvalue weighted by molar-refractivity contribution is 5.99. The van der Waals surface area contributed by atoms with Crippen LogP contribution in [0.4, 0.5) is 29.5 Å². The van der Waals surface area contributed by atoms with Crippen LogP contribution in [0.15, 0.2) is 137 Å². The normalized spacial score (nSPS) is 11.7. The molecule has 20 heteroatoms. The van der Waals surface area contributed by atoms with E-state index in [1.54, 1.807) is 31.2 Å². The number of anilines is 2. The molecule has 0 saturated heterocycles. The number of pyridine rings is 2. The summed E-state index contributed by atoms with van der Waals surface area (Å²) >= 11 is 0. The molecule has 0 bridgehead atoms. The molecule has 9 rings (SSSR count). The quantitative estimate of drug-likeness (QED) is 0.0370. The summed E-state index contributed by atoms with van der Waals surface area (Å²) in [6.45, 7) is 20.5. The van der Waals surface area contributed by atoms with Crippen molar-refractivity contribution in [3.63, 3.8) is 0 Å². The molecule has 4 N–H and O–H groups in total. The molecule has 16 nitrogen and oxygen atoms in total. The van der Waals surface area contributed by atoms with E-state index in [0.717, 1.165) is 102 Å². The number of rotatable bonds is 22. The number of carboxylic acids is 1. The average Bonchev–Trinajstić information content (AvgIpc) is 1.46. The minimum Gasteiger partial charge on any atom is -0.478 e. The lowest BCUT2D eigenvalue weighted by molar-refractivity contribution is 0.0696. The molecule has 1 amide bonds. The first-order chi connectivity index (χ1) is 40.5. The molecule has 0 radical (unpaired) electrons. The maximum atomic E-state index is 15.1. The molecule has 0 unspecified atom stereocenters. The number of hydrogen-bond acceptors (Lipinski definition) is 12. The minimum absolute atomic E-state index is 0.00197. The van der Waals surface area contributed by atoms with Gasteiger partial charge in [-0.15, -0.1) is 0 Å². The Labute approximate surface area is 483 Å². The number of para-hydroxylation sites is 2. The van der Waals surface area contributed by atoms with Crippen molar-refractivity contribution in [3.05, 3.63) is 199 Å². The maximum absolute atomic E-state index is 15.1. The van der Waals surface area contributed by atoms with Gasteiger partial charge < -0.3 is 30.9 Å². The van der Waals surface area contributed by atoms with E-state index < -0.39 is 51.7 Å². The summed E-state index contributed by atoms with van der Waals surface area (Å²) < 4.78 is 61.7. The van der Waals surface area contributed by atoms with E-state index in [1.165, 1.54) is 42.5 Å². The lowest BCUT2D eigenvalue weighted by atomic mass is 9.99. The number of aromatic nitrogens is 6. The summed E-state index contributed by atoms with van der Waals surface area (Å²) in [6.07, 6.45) is 1.59. The molecule has 0 aliphatic carbocycles. The summed E-state index contributed by atoms with van der Waals surface area (Å²) in [5, 5.41) is 19.8. The van der Waals surface area contributed by atoms with Gasteiger partial charge in [0.25, 0.3) is 17.0 Å². The van der Waals surface area contributed by atoms with E-state index in [1.807, 2.05) is 50.2 Å². The van der Waals surface area contributed by atoms with Crippen molar-refractivity contribution in [2.45, 2.75) is 67.3 Å². The number of carbonyl (C=O) groups excluding carboxylic acids is 1. The predicted octanol–water partition coefficient (Wildman–Crippen LogP) is 11.5. The number of benzene rings is 5. The largest absolute Gasteiger partial charge is 0.478 e. The highest BCUT2D eigenvalue weighted by atomic mass is 19.1. The molecule has 1 atom stereocenters. The number of nitrogens with one attached hydrogen (secondary N) is 3. The fourth-order valence-electron chi connectivity index (χ4n) is 9.86. The zero-order valence-corrected chi connectivity index (χ0v) is 47.9. The standard InChI is InChI=1S/C36H38F2N6O2.C28H29F2N5O3/c1-5-43(6-2)21-11-20-39-36-41-32(27-18-19-31(45)44(34(27)42-36)33-29(37)14-10-15-30(33)38)28-22-26(17-16-23(28)3)35(46)40-24(4)25-12-8-7-9-13-25;1-4-34(5-2)15-7-14-31-28-32-24(20-16-18(27(37)38)11-10-17(20)3)19-12-13-23(36)35(26(19)33-28)25-21(29)8-6-9-22(25)30/h7-10,12-19,22,24H,5-6,11,20-21H2,1-4H3,(H,40,46)(H,39,41,42);6,8-13,16H,4-5,7,14-15H2,1-3H3,(H,37,38)(H,31,32,33)/t24-;/m0./s1. The molecule has 0 saturated carbocycles. The van der Waals surface area contributed by atoms with Gasteiger partial charge in [-0.2, -0.15) is 9.97 Å². The van der Waals surface area contributed by atoms with Gasteiger partial charge in [-0.1, -0.05) is 82.3 Å². The fraction of sp³-hybridized carbons (Fsp3) is 0.281. The van der Waals surface area contributed by atoms with Crippen molar-refractivity contribution >= 4 is 45.8 Å². The summed E-state index contributed by atoms with van der Waals surface area (Å²) in [7, 11) is 0. The number of aryl methyl sites for hydroxylation is 2. The topological polar surface area (TPSA) is 192 Å². The molecule has 0 spiro atoms.